The van der Waals surface area contributed by atoms with Crippen molar-refractivity contribution in [3.63, 3.8) is 0 Å². The Morgan fingerprint density at radius 2 is 1.90 bits per heavy atom. The van der Waals surface area contributed by atoms with E-state index in [4.69, 9.17) is 9.47 Å². The lowest BCUT2D eigenvalue weighted by atomic mass is 10.1. The number of morpholine rings is 2. The third-order valence-electron chi connectivity index (χ3n) is 5.63. The Morgan fingerprint density at radius 3 is 2.61 bits per heavy atom. The van der Waals surface area contributed by atoms with Crippen LogP contribution in [0.15, 0.2) is 24.3 Å². The number of hydrogen-bond donors (Lipinski definition) is 1. The van der Waals surface area contributed by atoms with Crippen LogP contribution in [0.4, 0.5) is 4.39 Å². The second-order valence-electron chi connectivity index (χ2n) is 8.93. The summed E-state index contributed by atoms with van der Waals surface area (Å²) in [6, 6.07) is 5.83. The maximum Gasteiger partial charge on any atom is 0.254 e. The summed E-state index contributed by atoms with van der Waals surface area (Å²) < 4.78 is 24.9. The monoisotopic (exact) mass is 437 g/mol. The molecule has 1 aromatic rings. The van der Waals surface area contributed by atoms with Crippen LogP contribution in [-0.2, 0) is 9.47 Å². The molecule has 2 heterocycles. The third-order valence-corrected chi connectivity index (χ3v) is 5.63. The first-order chi connectivity index (χ1) is 14.9. The normalized spacial score (nSPS) is 21.9. The van der Waals surface area contributed by atoms with Crippen molar-refractivity contribution in [2.24, 2.45) is 5.92 Å². The van der Waals surface area contributed by atoms with Crippen molar-refractivity contribution in [2.75, 3.05) is 72.2 Å². The molecule has 2 aliphatic heterocycles. The van der Waals surface area contributed by atoms with Crippen LogP contribution in [-0.4, -0.2) is 110 Å². The molecular weight excluding hydrogens is 401 g/mol. The van der Waals surface area contributed by atoms with Crippen molar-refractivity contribution in [2.45, 2.75) is 26.1 Å². The van der Waals surface area contributed by atoms with E-state index in [1.807, 2.05) is 0 Å². The minimum atomic E-state index is -0.433. The molecule has 0 aromatic heterocycles. The van der Waals surface area contributed by atoms with E-state index in [2.05, 4.69) is 23.6 Å². The highest BCUT2D eigenvalue weighted by atomic mass is 19.1. The Hall–Kier alpha value is -1.58. The molecule has 7 nitrogen and oxygen atoms in total. The topological polar surface area (TPSA) is 65.5 Å². The minimum absolute atomic E-state index is 0.138. The smallest absolute Gasteiger partial charge is 0.254 e. The van der Waals surface area contributed by atoms with Gasteiger partial charge in [-0.25, -0.2) is 4.39 Å². The molecule has 1 amide bonds. The van der Waals surface area contributed by atoms with E-state index in [9.17, 15) is 14.3 Å². The van der Waals surface area contributed by atoms with Gasteiger partial charge in [0.15, 0.2) is 0 Å². The molecule has 0 unspecified atom stereocenters. The summed E-state index contributed by atoms with van der Waals surface area (Å²) in [6.07, 6.45) is -0.571. The zero-order chi connectivity index (χ0) is 22.2. The van der Waals surface area contributed by atoms with Crippen LogP contribution in [0.2, 0.25) is 0 Å². The number of carbonyl (C=O) groups excluding carboxylic acids is 1. The van der Waals surface area contributed by atoms with Crippen LogP contribution in [0, 0.1) is 11.7 Å². The zero-order valence-electron chi connectivity index (χ0n) is 18.7. The lowest BCUT2D eigenvalue weighted by Gasteiger charge is -2.37. The summed E-state index contributed by atoms with van der Waals surface area (Å²) >= 11 is 0. The molecule has 3 rings (SSSR count). The highest BCUT2D eigenvalue weighted by Gasteiger charge is 2.27. The molecule has 2 fully saturated rings. The Kier molecular flexibility index (Phi) is 9.22. The second kappa shape index (κ2) is 11.9. The molecule has 2 atom stereocenters. The summed E-state index contributed by atoms with van der Waals surface area (Å²) in [6.45, 7) is 11.5. The van der Waals surface area contributed by atoms with E-state index in [1.165, 1.54) is 12.1 Å². The number of benzene rings is 1. The number of aliphatic hydroxyl groups excluding tert-OH is 1. The summed E-state index contributed by atoms with van der Waals surface area (Å²) in [5.41, 5.74) is 0.356. The van der Waals surface area contributed by atoms with E-state index in [0.29, 0.717) is 44.9 Å². The highest BCUT2D eigenvalue weighted by Crippen LogP contribution is 2.14. The van der Waals surface area contributed by atoms with Gasteiger partial charge in [-0.05, 0) is 24.1 Å². The first-order valence-electron chi connectivity index (χ1n) is 11.3. The van der Waals surface area contributed by atoms with Crippen LogP contribution in [0.5, 0.6) is 0 Å². The van der Waals surface area contributed by atoms with E-state index in [1.54, 1.807) is 17.0 Å². The number of carbonyl (C=O) groups is 1. The summed E-state index contributed by atoms with van der Waals surface area (Å²) in [7, 11) is 0. The van der Waals surface area contributed by atoms with Crippen LogP contribution in [0.3, 0.4) is 0 Å². The van der Waals surface area contributed by atoms with Gasteiger partial charge in [0.25, 0.3) is 5.91 Å². The molecule has 1 N–H and O–H groups in total. The summed E-state index contributed by atoms with van der Waals surface area (Å²) in [4.78, 5) is 19.2. The van der Waals surface area contributed by atoms with E-state index >= 15 is 0 Å². The summed E-state index contributed by atoms with van der Waals surface area (Å²) in [5.74, 6) is -0.307. The molecule has 0 bridgehead atoms. The van der Waals surface area contributed by atoms with Crippen LogP contribution >= 0.6 is 0 Å². The van der Waals surface area contributed by atoms with E-state index in [-0.39, 0.29) is 17.9 Å². The standard InChI is InChI=1S/C23H36FN3O4/c1-18(2)13-27(23(29)19-4-3-5-20(24)12-19)17-22-16-26(8-11-31-22)15-21(28)14-25-6-9-30-10-7-25/h3-5,12,18,21-22,28H,6-11,13-17H2,1-2H3/t21-,22+/m1/s1. The fourth-order valence-electron chi connectivity index (χ4n) is 4.23. The van der Waals surface area contributed by atoms with Crippen molar-refractivity contribution in [1.29, 1.82) is 0 Å². The van der Waals surface area contributed by atoms with Crippen molar-refractivity contribution >= 4 is 5.91 Å². The van der Waals surface area contributed by atoms with Gasteiger partial charge in [-0.3, -0.25) is 14.6 Å². The fraction of sp³-hybridized carbons (Fsp3) is 0.696. The molecule has 2 saturated heterocycles. The largest absolute Gasteiger partial charge is 0.390 e. The Morgan fingerprint density at radius 1 is 1.19 bits per heavy atom. The van der Waals surface area contributed by atoms with Gasteiger partial charge >= 0.3 is 0 Å². The molecule has 2 aliphatic rings. The lowest BCUT2D eigenvalue weighted by Crippen LogP contribution is -2.52. The van der Waals surface area contributed by atoms with Crippen molar-refractivity contribution in [1.82, 2.24) is 14.7 Å². The van der Waals surface area contributed by atoms with Gasteiger partial charge in [0.2, 0.25) is 0 Å². The average Bonchev–Trinajstić information content (AvgIpc) is 2.73. The predicted octanol–water partition coefficient (Wildman–Crippen LogP) is 1.32. The van der Waals surface area contributed by atoms with Crippen molar-refractivity contribution < 1.29 is 23.8 Å². The zero-order valence-corrected chi connectivity index (χ0v) is 18.7. The molecule has 174 valence electrons. The van der Waals surface area contributed by atoms with Gasteiger partial charge in [-0.1, -0.05) is 19.9 Å². The van der Waals surface area contributed by atoms with E-state index in [0.717, 1.165) is 32.8 Å². The predicted molar refractivity (Wildman–Crippen MR) is 117 cm³/mol. The molecular formula is C23H36FN3O4. The van der Waals surface area contributed by atoms with Gasteiger partial charge in [-0.2, -0.15) is 0 Å². The Labute approximate surface area is 184 Å². The fourth-order valence-corrected chi connectivity index (χ4v) is 4.23. The minimum Gasteiger partial charge on any atom is -0.390 e. The summed E-state index contributed by atoms with van der Waals surface area (Å²) in [5, 5.41) is 10.5. The number of β-amino-alcohol motifs (C(OH)–C–C–N with tert-alkyl or cyclic N) is 1. The quantitative estimate of drug-likeness (QED) is 0.629. The highest BCUT2D eigenvalue weighted by molar-refractivity contribution is 5.94. The lowest BCUT2D eigenvalue weighted by molar-refractivity contribution is -0.0560. The van der Waals surface area contributed by atoms with Gasteiger partial charge in [0, 0.05) is 57.9 Å². The SMILES string of the molecule is CC(C)CN(C[C@@H]1CN(C[C@H](O)CN2CCOCC2)CCO1)C(=O)c1cccc(F)c1. The average molecular weight is 438 g/mol. The van der Waals surface area contributed by atoms with Crippen molar-refractivity contribution in [3.8, 4) is 0 Å². The van der Waals surface area contributed by atoms with Crippen LogP contribution in [0.25, 0.3) is 0 Å². The van der Waals surface area contributed by atoms with Crippen LogP contribution in [0.1, 0.15) is 24.2 Å². The maximum absolute atomic E-state index is 13.6. The number of amides is 1. The Bertz CT molecular complexity index is 699. The number of nitrogens with zero attached hydrogens (tertiary/aromatic N) is 3. The van der Waals surface area contributed by atoms with Gasteiger partial charge in [-0.15, -0.1) is 0 Å². The van der Waals surface area contributed by atoms with Gasteiger partial charge in [0.1, 0.15) is 5.82 Å². The number of aliphatic hydroxyl groups is 1. The number of halogens is 1. The first kappa shape index (κ1) is 24.1. The first-order valence-corrected chi connectivity index (χ1v) is 11.3. The Balaban J connectivity index is 1.54. The number of ether oxygens (including phenoxy) is 2. The molecule has 1 aromatic carbocycles. The van der Waals surface area contributed by atoms with Gasteiger partial charge < -0.3 is 19.5 Å². The number of hydrogen-bond acceptors (Lipinski definition) is 6. The van der Waals surface area contributed by atoms with E-state index < -0.39 is 11.9 Å². The second-order valence-corrected chi connectivity index (χ2v) is 8.93. The molecule has 0 radical (unpaired) electrons. The van der Waals surface area contributed by atoms with Crippen LogP contribution < -0.4 is 0 Å². The molecule has 0 spiro atoms. The van der Waals surface area contributed by atoms with Gasteiger partial charge in [0.05, 0.1) is 32.0 Å². The number of rotatable bonds is 9. The molecule has 8 heteroatoms. The molecule has 0 saturated carbocycles. The molecule has 31 heavy (non-hydrogen) atoms. The molecule has 0 aliphatic carbocycles. The maximum atomic E-state index is 13.6. The third kappa shape index (κ3) is 7.80. The van der Waals surface area contributed by atoms with Crippen molar-refractivity contribution in [3.05, 3.63) is 35.6 Å².